The predicted octanol–water partition coefficient (Wildman–Crippen LogP) is 11.6. The van der Waals surface area contributed by atoms with E-state index < -0.39 is 17.8 Å². The lowest BCUT2D eigenvalue weighted by Gasteiger charge is -2.43. The maximum Gasteiger partial charge on any atom is 0.223 e. The second-order valence-corrected chi connectivity index (χ2v) is 24.1. The zero-order valence-corrected chi connectivity index (χ0v) is 46.5. The highest BCUT2D eigenvalue weighted by Gasteiger charge is 2.59. The third-order valence-electron chi connectivity index (χ3n) is 18.2. The lowest BCUT2D eigenvalue weighted by atomic mass is 9.80. The molecule has 9 fully saturated rings. The molecule has 9 aliphatic heterocycles. The Morgan fingerprint density at radius 2 is 1.09 bits per heavy atom. The molecule has 1 aliphatic carbocycles. The minimum absolute atomic E-state index is 0. The maximum absolute atomic E-state index is 9.72. The maximum atomic E-state index is 9.72. The van der Waals surface area contributed by atoms with E-state index in [1.165, 1.54) is 0 Å². The van der Waals surface area contributed by atoms with Crippen LogP contribution in [-0.2, 0) is 42.6 Å². The lowest BCUT2D eigenvalue weighted by Crippen LogP contribution is -2.53. The summed E-state index contributed by atoms with van der Waals surface area (Å²) in [5.74, 6) is 0.826. The van der Waals surface area contributed by atoms with Gasteiger partial charge in [0.25, 0.3) is 0 Å². The van der Waals surface area contributed by atoms with E-state index in [0.29, 0.717) is 37.4 Å². The van der Waals surface area contributed by atoms with Crippen LogP contribution in [0, 0.1) is 38.1 Å². The Morgan fingerprint density at radius 1 is 0.588 bits per heavy atom. The number of ether oxygens (including phenoxy) is 9. The van der Waals surface area contributed by atoms with E-state index in [1.807, 2.05) is 39.8 Å². The van der Waals surface area contributed by atoms with E-state index in [2.05, 4.69) is 65.5 Å². The van der Waals surface area contributed by atoms with E-state index in [1.54, 1.807) is 0 Å². The van der Waals surface area contributed by atoms with Gasteiger partial charge in [-0.15, -0.1) is 13.2 Å². The molecule has 80 heavy (non-hydrogen) atoms. The molecule has 0 saturated carbocycles. The van der Waals surface area contributed by atoms with Crippen LogP contribution in [0.2, 0.25) is 0 Å². The summed E-state index contributed by atoms with van der Waals surface area (Å²) >= 11 is 0. The summed E-state index contributed by atoms with van der Waals surface area (Å²) in [6.07, 6.45) is 22.5. The number of aliphatic hydroxyl groups excluding tert-OH is 3. The summed E-state index contributed by atoms with van der Waals surface area (Å²) in [5.41, 5.74) is -1.57. The van der Waals surface area contributed by atoms with E-state index in [-0.39, 0.29) is 151 Å². The first-order valence-electron chi connectivity index (χ1n) is 28.6. The summed E-state index contributed by atoms with van der Waals surface area (Å²) in [6, 6.07) is 0.0224. The molecule has 0 aromatic rings. The summed E-state index contributed by atoms with van der Waals surface area (Å²) < 4.78 is 54.9. The molecule has 10 aliphatic rings. The molecule has 16 heteroatoms. The lowest BCUT2D eigenvalue weighted by molar-refractivity contribution is -0.190. The number of nitrogens with zero attached hydrogens (tertiary/aromatic N) is 4. The van der Waals surface area contributed by atoms with E-state index in [0.717, 1.165) is 89.9 Å². The molecule has 454 valence electrons. The summed E-state index contributed by atoms with van der Waals surface area (Å²) in [4.78, 5) is 14.2. The molecule has 4 bridgehead atoms. The molecule has 0 aromatic carbocycles. The van der Waals surface area contributed by atoms with Crippen LogP contribution in [0.4, 0.5) is 0 Å². The van der Waals surface area contributed by atoms with Gasteiger partial charge in [-0.05, 0) is 58.3 Å². The molecule has 16 nitrogen and oxygen atoms in total. The van der Waals surface area contributed by atoms with E-state index in [4.69, 9.17) is 74.0 Å². The van der Waals surface area contributed by atoms with Crippen molar-refractivity contribution in [1.82, 2.24) is 0 Å². The highest BCUT2D eigenvalue weighted by Crippen LogP contribution is 2.50. The van der Waals surface area contributed by atoms with Gasteiger partial charge in [-0.1, -0.05) is 67.9 Å². The normalized spacial score (nSPS) is 41.3. The van der Waals surface area contributed by atoms with Gasteiger partial charge in [-0.2, -0.15) is 0 Å². The molecule has 10 rings (SSSR count). The predicted molar refractivity (Wildman–Crippen MR) is 314 cm³/mol. The second kappa shape index (κ2) is 31.0. The zero-order chi connectivity index (χ0) is 55.0. The monoisotopic (exact) mass is 1120 g/mol. The van der Waals surface area contributed by atoms with Crippen LogP contribution in [0.5, 0.6) is 0 Å². The van der Waals surface area contributed by atoms with Gasteiger partial charge >= 0.3 is 0 Å². The van der Waals surface area contributed by atoms with Crippen LogP contribution in [0.15, 0.2) is 37.5 Å². The minimum Gasteiger partial charge on any atom is -0.394 e. The van der Waals surface area contributed by atoms with Crippen molar-refractivity contribution in [2.24, 2.45) is 11.8 Å². The average Bonchev–Trinajstić information content (AvgIpc) is 4.19. The van der Waals surface area contributed by atoms with Crippen LogP contribution >= 0.6 is 0 Å². The first kappa shape index (κ1) is 71.0. The smallest absolute Gasteiger partial charge is 0.223 e. The van der Waals surface area contributed by atoms with Gasteiger partial charge in [0.2, 0.25) is 24.2 Å². The summed E-state index contributed by atoms with van der Waals surface area (Å²) in [6.45, 7) is 50.4. The van der Waals surface area contributed by atoms with Crippen molar-refractivity contribution in [1.29, 1.82) is 0 Å². The first-order chi connectivity index (χ1) is 36.3. The van der Waals surface area contributed by atoms with Gasteiger partial charge in [-0.3, -0.25) is 0 Å². The Bertz CT molecular complexity index is 2140. The Kier molecular flexibility index (Phi) is 27.5. The van der Waals surface area contributed by atoms with E-state index in [9.17, 15) is 10.2 Å². The molecule has 0 aromatic heterocycles. The minimum atomic E-state index is -0.951. The highest BCUT2D eigenvalue weighted by atomic mass is 16.6. The van der Waals surface area contributed by atoms with Gasteiger partial charge < -0.3 is 77.3 Å². The van der Waals surface area contributed by atoms with Crippen LogP contribution in [-0.4, -0.2) is 167 Å². The third-order valence-corrected chi connectivity index (χ3v) is 18.2. The van der Waals surface area contributed by atoms with Crippen LogP contribution < -0.4 is 0 Å². The van der Waals surface area contributed by atoms with Crippen LogP contribution in [0.3, 0.4) is 0 Å². The van der Waals surface area contributed by atoms with Crippen LogP contribution in [0.25, 0.3) is 19.4 Å². The fourth-order valence-electron chi connectivity index (χ4n) is 13.5. The molecule has 9 saturated heterocycles. The van der Waals surface area contributed by atoms with Gasteiger partial charge in [0, 0.05) is 90.9 Å². The Hall–Kier alpha value is -3.30. The van der Waals surface area contributed by atoms with Gasteiger partial charge in [0.1, 0.15) is 28.5 Å². The number of hydrogen-bond donors (Lipinski definition) is 3. The summed E-state index contributed by atoms with van der Waals surface area (Å²) in [7, 11) is 0. The quantitative estimate of drug-likeness (QED) is 0.112. The van der Waals surface area contributed by atoms with Crippen molar-refractivity contribution >= 4 is 0 Å². The molecule has 24 atom stereocenters. The Morgan fingerprint density at radius 3 is 1.62 bits per heavy atom. The number of hydrogen-bond acceptors (Lipinski definition) is 12. The standard InChI is InChI=1S/C17H25NO2.C15H21NO2.C14H23NO5.C14H21NO3.4CH4/c1-6-12(3)15-11-17(7-2)16(19-15)9-8-14(20-17)10-13(4)18-5;1-10-6-7-15-9-13(10)17-14(15)5-4-12(18-15)8-11(2)16-3;1-9(15-2)5-10-3-4-13-14(8-17,20-10)6-12(19-13)11(18)7-16;1-9(15-3)6-11-4-5-13-14(18-11)7-12(17-13)10(2)16-8-14;;;;/h6-7,12-16H,1-2,8-11H2,3-4H3;6-7,10-14H,4-5,8-9H2,1-2H3;9-13,16-18H,3-8H2,1H3;9-13H,4-8H2,1-2H3;4*1H4/t12-,13-,14?,15-,16+,17+;10-,11-,12?,13-,14+,15+;9-,10?,11-,12-,13+,14-;9-,10+,11?,12-,13+,14-;;;;/m1111..../s1. The van der Waals surface area contributed by atoms with Gasteiger partial charge in [0.05, 0.1) is 99.2 Å². The fraction of sp³-hybridized carbons (Fsp3) is 0.844. The summed E-state index contributed by atoms with van der Waals surface area (Å²) in [5, 5.41) is 28.5. The molecule has 3 N–H and O–H groups in total. The third kappa shape index (κ3) is 16.1. The van der Waals surface area contributed by atoms with Gasteiger partial charge in [-0.25, -0.2) is 26.3 Å². The van der Waals surface area contributed by atoms with Crippen molar-refractivity contribution in [3.8, 4) is 0 Å². The van der Waals surface area contributed by atoms with Gasteiger partial charge in [0.15, 0.2) is 0 Å². The molecule has 0 radical (unpaired) electrons. The number of aliphatic hydroxyl groups is 3. The van der Waals surface area contributed by atoms with Crippen molar-refractivity contribution in [2.45, 2.75) is 313 Å². The molecule has 0 amide bonds. The topological polar surface area (TPSA) is 161 Å². The number of fused-ring (bicyclic) bond motifs is 4. The van der Waals surface area contributed by atoms with Crippen LogP contribution in [0.1, 0.15) is 181 Å². The average molecular weight is 1120 g/mol. The van der Waals surface area contributed by atoms with Crippen molar-refractivity contribution in [3.05, 3.63) is 83.1 Å². The highest BCUT2D eigenvalue weighted by molar-refractivity contribution is 5.20. The SMILES string of the molecule is C.C.C.C.[C-]#[N+][C@H](C)CC1CC[C@@H]2O[C@@H]([C@H](C)C=C)C[C@]2(C=C)O1.[C-]#[N+][C@H](C)CC1CC[C@@H]2O[C@@H]([C@H](O)CO)C[C@]2(CO)O1.[C-]#[N+][C@H](C)CC1CC[C@@H]2O[C@@H]3C[C@]2(C=C[C@H]3C)O1.[C-]#[N+][C@H](C)CC1CC[C@@H]2O[C@@H]3C[C@]2(CO[C@H]3C)O1. The largest absolute Gasteiger partial charge is 0.394 e. The Balaban J connectivity index is 0.000000276. The number of rotatable bonds is 14. The zero-order valence-electron chi connectivity index (χ0n) is 46.5. The Labute approximate surface area is 483 Å². The van der Waals surface area contributed by atoms with Crippen molar-refractivity contribution < 1.29 is 58.0 Å². The molecule has 4 unspecified atom stereocenters. The first-order valence-corrected chi connectivity index (χ1v) is 28.6. The second-order valence-electron chi connectivity index (χ2n) is 24.1. The molecule has 9 heterocycles. The molecule has 2 spiro atoms. The molecular formula is C64H106N4O12. The molecular weight excluding hydrogens is 1020 g/mol. The fourth-order valence-corrected chi connectivity index (χ4v) is 13.5. The van der Waals surface area contributed by atoms with E-state index >= 15 is 0 Å². The van der Waals surface area contributed by atoms with Crippen molar-refractivity contribution in [2.75, 3.05) is 19.8 Å². The van der Waals surface area contributed by atoms with Crippen molar-refractivity contribution in [3.63, 3.8) is 0 Å².